The van der Waals surface area contributed by atoms with Crippen LogP contribution in [0.5, 0.6) is 5.75 Å². The Balaban J connectivity index is 1.65. The number of hydrogen-bond acceptors (Lipinski definition) is 7. The van der Waals surface area contributed by atoms with E-state index in [1.54, 1.807) is 42.2 Å². The maximum Gasteiger partial charge on any atom is 0.255 e. The first-order chi connectivity index (χ1) is 19.5. The van der Waals surface area contributed by atoms with E-state index in [0.29, 0.717) is 22.6 Å². The third kappa shape index (κ3) is 7.07. The van der Waals surface area contributed by atoms with Gasteiger partial charge in [0.25, 0.3) is 5.91 Å². The molecule has 218 valence electrons. The van der Waals surface area contributed by atoms with Gasteiger partial charge in [-0.3, -0.25) is 14.6 Å². The molecular weight excluding hydrogens is 551 g/mol. The summed E-state index contributed by atoms with van der Waals surface area (Å²) in [5.41, 5.74) is 1.36. The van der Waals surface area contributed by atoms with Gasteiger partial charge in [0.05, 0.1) is 30.5 Å². The van der Waals surface area contributed by atoms with Gasteiger partial charge >= 0.3 is 0 Å². The molecule has 41 heavy (non-hydrogen) atoms. The minimum atomic E-state index is -3.96. The molecule has 3 atom stereocenters. The molecule has 1 aromatic heterocycles. The largest absolute Gasteiger partial charge is 0.488 e. The summed E-state index contributed by atoms with van der Waals surface area (Å²) in [5.74, 6) is -1.10. The Hall–Kier alpha value is -3.87. The standard InChI is InChI=1S/C29H33FN4O6S/c1-19-16-34(20(2)18-35)28(36)15-22-14-24(32-29(37)21-10-12-31-13-11-21)6-9-26(22)40-27(19)17-33(3)41(38,39)25-7-4-23(30)5-8-25/h4-14,19-20,27,35H,15-18H2,1-3H3,(H,32,37)/t19-,20+,27+/m0/s1. The molecule has 1 aliphatic heterocycles. The molecule has 0 saturated heterocycles. The van der Waals surface area contributed by atoms with E-state index in [0.717, 1.165) is 16.4 Å². The molecule has 0 fully saturated rings. The van der Waals surface area contributed by atoms with Crippen molar-refractivity contribution in [3.8, 4) is 5.75 Å². The highest BCUT2D eigenvalue weighted by Crippen LogP contribution is 2.30. The number of halogens is 1. The molecule has 4 rings (SSSR count). The summed E-state index contributed by atoms with van der Waals surface area (Å²) >= 11 is 0. The maximum absolute atomic E-state index is 13.4. The van der Waals surface area contributed by atoms with Crippen LogP contribution in [0.25, 0.3) is 0 Å². The SMILES string of the molecule is C[C@H](CO)N1C[C@H](C)[C@@H](CN(C)S(=O)(=O)c2ccc(F)cc2)Oc2ccc(NC(=O)c3ccncc3)cc2CC1=O. The number of benzene rings is 2. The van der Waals surface area contributed by atoms with Gasteiger partial charge < -0.3 is 20.1 Å². The van der Waals surface area contributed by atoms with Gasteiger partial charge in [-0.1, -0.05) is 6.92 Å². The predicted molar refractivity (Wildman–Crippen MR) is 150 cm³/mol. The van der Waals surface area contributed by atoms with Gasteiger partial charge in [0, 0.05) is 48.7 Å². The number of pyridine rings is 1. The van der Waals surface area contributed by atoms with E-state index in [4.69, 9.17) is 4.74 Å². The summed E-state index contributed by atoms with van der Waals surface area (Å²) in [6.45, 7) is 3.49. The number of aromatic nitrogens is 1. The molecule has 2 amide bonds. The number of nitrogens with one attached hydrogen (secondary N) is 1. The molecule has 2 N–H and O–H groups in total. The summed E-state index contributed by atoms with van der Waals surface area (Å²) in [7, 11) is -2.55. The van der Waals surface area contributed by atoms with Gasteiger partial charge in [0.2, 0.25) is 15.9 Å². The monoisotopic (exact) mass is 584 g/mol. The number of sulfonamides is 1. The van der Waals surface area contributed by atoms with E-state index in [1.807, 2.05) is 6.92 Å². The number of ether oxygens (including phenoxy) is 1. The summed E-state index contributed by atoms with van der Waals surface area (Å²) in [6.07, 6.45) is 2.28. The highest BCUT2D eigenvalue weighted by atomic mass is 32.2. The number of aliphatic hydroxyl groups is 1. The highest BCUT2D eigenvalue weighted by Gasteiger charge is 2.33. The molecule has 2 heterocycles. The van der Waals surface area contributed by atoms with Gasteiger partial charge in [0.1, 0.15) is 17.7 Å². The fourth-order valence-corrected chi connectivity index (χ4v) is 5.75. The fraction of sp³-hybridized carbons (Fsp3) is 0.345. The van der Waals surface area contributed by atoms with Crippen molar-refractivity contribution in [1.82, 2.24) is 14.2 Å². The molecule has 2 aromatic carbocycles. The lowest BCUT2D eigenvalue weighted by atomic mass is 10.0. The zero-order valence-corrected chi connectivity index (χ0v) is 23.8. The van der Waals surface area contributed by atoms with E-state index in [9.17, 15) is 27.5 Å². The lowest BCUT2D eigenvalue weighted by Crippen LogP contribution is -2.48. The van der Waals surface area contributed by atoms with Crippen molar-refractivity contribution in [2.45, 2.75) is 37.3 Å². The molecule has 0 unspecified atom stereocenters. The van der Waals surface area contributed by atoms with Crippen molar-refractivity contribution in [2.24, 2.45) is 5.92 Å². The predicted octanol–water partition coefficient (Wildman–Crippen LogP) is 2.94. The second kappa shape index (κ2) is 12.8. The van der Waals surface area contributed by atoms with Crippen molar-refractivity contribution in [3.63, 3.8) is 0 Å². The Bertz CT molecular complexity index is 1490. The molecule has 12 heteroatoms. The molecule has 1 aliphatic rings. The van der Waals surface area contributed by atoms with Crippen LogP contribution in [0.15, 0.2) is 71.9 Å². The second-order valence-corrected chi connectivity index (χ2v) is 12.2. The van der Waals surface area contributed by atoms with Gasteiger partial charge in [-0.05, 0) is 61.5 Å². The topological polar surface area (TPSA) is 129 Å². The number of aliphatic hydroxyl groups excluding tert-OH is 1. The van der Waals surface area contributed by atoms with Crippen molar-refractivity contribution in [3.05, 3.63) is 83.9 Å². The summed E-state index contributed by atoms with van der Waals surface area (Å²) in [5, 5.41) is 12.7. The van der Waals surface area contributed by atoms with Crippen LogP contribution in [-0.2, 0) is 21.2 Å². The Kier molecular flexibility index (Phi) is 9.36. The van der Waals surface area contributed by atoms with Crippen LogP contribution in [0.4, 0.5) is 10.1 Å². The first-order valence-electron chi connectivity index (χ1n) is 13.1. The molecule has 0 bridgehead atoms. The Morgan fingerprint density at radius 3 is 2.54 bits per heavy atom. The molecular formula is C29H33FN4O6S. The molecule has 0 radical (unpaired) electrons. The zero-order chi connectivity index (χ0) is 29.7. The van der Waals surface area contributed by atoms with Crippen LogP contribution >= 0.6 is 0 Å². The number of likely N-dealkylation sites (N-methyl/N-ethyl adjacent to an activating group) is 1. The molecule has 0 saturated carbocycles. The van der Waals surface area contributed by atoms with Crippen molar-refractivity contribution in [2.75, 3.05) is 32.1 Å². The first-order valence-corrected chi connectivity index (χ1v) is 14.6. The Labute approximate surface area is 238 Å². The van der Waals surface area contributed by atoms with E-state index < -0.39 is 28.0 Å². The molecule has 10 nitrogen and oxygen atoms in total. The normalized spacial score (nSPS) is 18.5. The zero-order valence-electron chi connectivity index (χ0n) is 23.0. The first kappa shape index (κ1) is 30.1. The van der Waals surface area contributed by atoms with Gasteiger partial charge in [0.15, 0.2) is 0 Å². The Morgan fingerprint density at radius 1 is 1.20 bits per heavy atom. The number of nitrogens with zero attached hydrogens (tertiary/aromatic N) is 3. The minimum absolute atomic E-state index is 0.0538. The van der Waals surface area contributed by atoms with Crippen molar-refractivity contribution in [1.29, 1.82) is 0 Å². The quantitative estimate of drug-likeness (QED) is 0.417. The number of fused-ring (bicyclic) bond motifs is 1. The van der Waals surface area contributed by atoms with Crippen LogP contribution in [-0.4, -0.2) is 78.4 Å². The number of carbonyl (C=O) groups is 2. The van der Waals surface area contributed by atoms with Crippen LogP contribution in [0.3, 0.4) is 0 Å². The number of carbonyl (C=O) groups excluding carboxylic acids is 2. The highest BCUT2D eigenvalue weighted by molar-refractivity contribution is 7.89. The van der Waals surface area contributed by atoms with Gasteiger partial charge in [-0.2, -0.15) is 4.31 Å². The summed E-state index contributed by atoms with van der Waals surface area (Å²) in [4.78, 5) is 31.5. The summed E-state index contributed by atoms with van der Waals surface area (Å²) in [6, 6.07) is 12.2. The average molecular weight is 585 g/mol. The van der Waals surface area contributed by atoms with Crippen LogP contribution < -0.4 is 10.1 Å². The smallest absolute Gasteiger partial charge is 0.255 e. The number of amides is 2. The maximum atomic E-state index is 13.4. The third-order valence-electron chi connectivity index (χ3n) is 7.08. The average Bonchev–Trinajstić information content (AvgIpc) is 3.00. The van der Waals surface area contributed by atoms with Crippen LogP contribution in [0.2, 0.25) is 0 Å². The lowest BCUT2D eigenvalue weighted by molar-refractivity contribution is -0.134. The number of anilines is 1. The van der Waals surface area contributed by atoms with Crippen LogP contribution in [0, 0.1) is 11.7 Å². The van der Waals surface area contributed by atoms with E-state index in [2.05, 4.69) is 10.3 Å². The minimum Gasteiger partial charge on any atom is -0.488 e. The van der Waals surface area contributed by atoms with Crippen molar-refractivity contribution < 1.29 is 32.2 Å². The van der Waals surface area contributed by atoms with Crippen molar-refractivity contribution >= 4 is 27.5 Å². The van der Waals surface area contributed by atoms with E-state index in [1.165, 1.54) is 31.6 Å². The Morgan fingerprint density at radius 2 is 1.88 bits per heavy atom. The fourth-order valence-electron chi connectivity index (χ4n) is 4.57. The van der Waals surface area contributed by atoms with E-state index >= 15 is 0 Å². The number of hydrogen-bond donors (Lipinski definition) is 2. The van der Waals surface area contributed by atoms with Gasteiger partial charge in [-0.15, -0.1) is 0 Å². The van der Waals surface area contributed by atoms with E-state index in [-0.39, 0.29) is 48.7 Å². The summed E-state index contributed by atoms with van der Waals surface area (Å²) < 4.78 is 47.4. The third-order valence-corrected chi connectivity index (χ3v) is 8.91. The van der Waals surface area contributed by atoms with Crippen LogP contribution in [0.1, 0.15) is 29.8 Å². The molecule has 0 spiro atoms. The molecule has 3 aromatic rings. The molecule has 0 aliphatic carbocycles. The number of rotatable bonds is 8. The van der Waals surface area contributed by atoms with Gasteiger partial charge in [-0.25, -0.2) is 12.8 Å². The second-order valence-electron chi connectivity index (χ2n) is 10.1. The lowest BCUT2D eigenvalue weighted by Gasteiger charge is -2.33.